The van der Waals surface area contributed by atoms with Gasteiger partial charge in [0.15, 0.2) is 5.82 Å². The number of nitrogens with one attached hydrogen (secondary N) is 1. The summed E-state index contributed by atoms with van der Waals surface area (Å²) in [5, 5.41) is 3.54. The number of fused-ring (bicyclic) bond motifs is 1. The van der Waals surface area contributed by atoms with Crippen LogP contribution >= 0.6 is 0 Å². The number of rotatable bonds is 6. The van der Waals surface area contributed by atoms with Crippen molar-refractivity contribution in [3.63, 3.8) is 0 Å². The number of aromatic nitrogens is 2. The van der Waals surface area contributed by atoms with Crippen LogP contribution in [0.1, 0.15) is 16.8 Å². The van der Waals surface area contributed by atoms with Crippen molar-refractivity contribution in [2.24, 2.45) is 0 Å². The molecule has 0 saturated heterocycles. The van der Waals surface area contributed by atoms with Gasteiger partial charge < -0.3 is 9.26 Å². The monoisotopic (exact) mass is 564 g/mol. The van der Waals surface area contributed by atoms with E-state index in [1.54, 1.807) is 0 Å². The molecular weight excluding hydrogens is 544 g/mol. The molecule has 9 nitrogen and oxygen atoms in total. The predicted octanol–water partition coefficient (Wildman–Crippen LogP) is 4.37. The molecule has 0 spiro atoms. The fraction of sp³-hybridized carbons (Fsp3) is 0.200. The molecule has 1 aliphatic heterocycles. The molecule has 0 bridgehead atoms. The minimum absolute atomic E-state index is 0.00322. The van der Waals surface area contributed by atoms with Crippen molar-refractivity contribution in [2.75, 3.05) is 18.4 Å². The minimum Gasteiger partial charge on any atom is -0.495 e. The molecule has 0 amide bonds. The maximum Gasteiger partial charge on any atom is 0.416 e. The predicted molar refractivity (Wildman–Crippen MR) is 132 cm³/mol. The number of pyridine rings is 1. The molecule has 0 radical (unpaired) electrons. The van der Waals surface area contributed by atoms with Crippen LogP contribution in [0.15, 0.2) is 70.2 Å². The fourth-order valence-corrected chi connectivity index (χ4v) is 5.57. The van der Waals surface area contributed by atoms with Gasteiger partial charge in [-0.1, -0.05) is 23.4 Å². The molecule has 2 aromatic carbocycles. The molecule has 0 saturated carbocycles. The molecule has 1 N–H and O–H groups in total. The molecular formula is C25H20F4N4O5S. The van der Waals surface area contributed by atoms with Crippen molar-refractivity contribution >= 4 is 16.0 Å². The Morgan fingerprint density at radius 3 is 2.59 bits per heavy atom. The third-order valence-corrected chi connectivity index (χ3v) is 7.71. The van der Waals surface area contributed by atoms with Gasteiger partial charge in [0.25, 0.3) is 5.56 Å². The highest BCUT2D eigenvalue weighted by Crippen LogP contribution is 2.36. The number of alkyl halides is 3. The van der Waals surface area contributed by atoms with Crippen LogP contribution in [0.3, 0.4) is 0 Å². The maximum absolute atomic E-state index is 15.4. The Kier molecular flexibility index (Phi) is 6.68. The SMILES string of the molecule is COc1cc(-c2cccc(C(F)(F)F)c2)c(F)cc1-n1c2c(ccc1=O)CN(S(=O)(=O)Nc1ccon1)CC2. The first kappa shape index (κ1) is 26.4. The van der Waals surface area contributed by atoms with Gasteiger partial charge in [0.2, 0.25) is 0 Å². The lowest BCUT2D eigenvalue weighted by atomic mass is 10.0. The summed E-state index contributed by atoms with van der Waals surface area (Å²) in [6.45, 7) is -0.0906. The van der Waals surface area contributed by atoms with Crippen LogP contribution in [0.2, 0.25) is 0 Å². The normalized spacial score (nSPS) is 14.2. The van der Waals surface area contributed by atoms with Gasteiger partial charge in [-0.25, -0.2) is 4.39 Å². The molecule has 0 unspecified atom stereocenters. The van der Waals surface area contributed by atoms with E-state index in [1.165, 1.54) is 54.3 Å². The van der Waals surface area contributed by atoms with E-state index >= 15 is 4.39 Å². The summed E-state index contributed by atoms with van der Waals surface area (Å²) in [4.78, 5) is 13.0. The van der Waals surface area contributed by atoms with Crippen LogP contribution in [0, 0.1) is 5.82 Å². The Bertz CT molecular complexity index is 1700. The second-order valence-electron chi connectivity index (χ2n) is 8.64. The molecule has 14 heteroatoms. The largest absolute Gasteiger partial charge is 0.495 e. The number of anilines is 1. The van der Waals surface area contributed by atoms with Gasteiger partial charge in [0.1, 0.15) is 17.8 Å². The molecule has 39 heavy (non-hydrogen) atoms. The summed E-state index contributed by atoms with van der Waals surface area (Å²) < 4.78 is 95.4. The highest BCUT2D eigenvalue weighted by atomic mass is 32.2. The highest BCUT2D eigenvalue weighted by molar-refractivity contribution is 7.90. The van der Waals surface area contributed by atoms with Gasteiger partial charge in [-0.2, -0.15) is 25.9 Å². The molecule has 4 aromatic rings. The molecule has 1 aliphatic rings. The van der Waals surface area contributed by atoms with Crippen molar-refractivity contribution in [3.8, 4) is 22.6 Å². The van der Waals surface area contributed by atoms with Crippen molar-refractivity contribution in [2.45, 2.75) is 19.1 Å². The van der Waals surface area contributed by atoms with E-state index in [9.17, 15) is 26.4 Å². The second kappa shape index (κ2) is 9.85. The smallest absolute Gasteiger partial charge is 0.416 e. The Morgan fingerprint density at radius 2 is 1.90 bits per heavy atom. The van der Waals surface area contributed by atoms with E-state index in [2.05, 4.69) is 14.4 Å². The van der Waals surface area contributed by atoms with Crippen LogP contribution in [-0.2, 0) is 29.4 Å². The average molecular weight is 565 g/mol. The first-order valence-electron chi connectivity index (χ1n) is 11.5. The van der Waals surface area contributed by atoms with Crippen LogP contribution in [-0.4, -0.2) is 36.1 Å². The quantitative estimate of drug-likeness (QED) is 0.349. The van der Waals surface area contributed by atoms with E-state index < -0.39 is 33.3 Å². The van der Waals surface area contributed by atoms with E-state index in [4.69, 9.17) is 4.74 Å². The number of methoxy groups -OCH3 is 1. The lowest BCUT2D eigenvalue weighted by Crippen LogP contribution is -2.41. The Hall–Kier alpha value is -4.17. The maximum atomic E-state index is 15.4. The van der Waals surface area contributed by atoms with E-state index in [0.29, 0.717) is 11.3 Å². The first-order chi connectivity index (χ1) is 18.5. The van der Waals surface area contributed by atoms with Crippen LogP contribution in [0.4, 0.5) is 23.4 Å². The van der Waals surface area contributed by atoms with E-state index in [1.807, 2.05) is 0 Å². The number of ether oxygens (including phenoxy) is 1. The third kappa shape index (κ3) is 5.12. The zero-order valence-electron chi connectivity index (χ0n) is 20.2. The zero-order chi connectivity index (χ0) is 27.9. The molecule has 0 aliphatic carbocycles. The number of hydrogen-bond acceptors (Lipinski definition) is 6. The van der Waals surface area contributed by atoms with Crippen LogP contribution in [0.25, 0.3) is 16.8 Å². The lowest BCUT2D eigenvalue weighted by Gasteiger charge is -2.30. The standard InChI is InChI=1S/C25H20F4N4O5S/c1-37-22-12-18(15-3-2-4-17(11-15)25(27,28)29)19(26)13-21(22)33-20-7-9-32(14-16(20)5-6-24(33)34)39(35,36)31-23-8-10-38-30-23/h2-6,8,10-13H,7,9,14H2,1H3,(H,30,31). The molecule has 204 valence electrons. The van der Waals surface area contributed by atoms with Crippen LogP contribution in [0.5, 0.6) is 5.75 Å². The van der Waals surface area contributed by atoms with Crippen LogP contribution < -0.4 is 15.0 Å². The average Bonchev–Trinajstić information content (AvgIpc) is 3.40. The third-order valence-electron chi connectivity index (χ3n) is 6.25. The van der Waals surface area contributed by atoms with E-state index in [-0.39, 0.29) is 47.9 Å². The summed E-state index contributed by atoms with van der Waals surface area (Å²) in [6, 6.07) is 10.5. The fourth-order valence-electron chi connectivity index (χ4n) is 4.43. The topological polar surface area (TPSA) is 107 Å². The Labute approximate surface area is 219 Å². The van der Waals surface area contributed by atoms with Crippen molar-refractivity contribution < 1.29 is 35.2 Å². The van der Waals surface area contributed by atoms with Crippen molar-refractivity contribution in [1.82, 2.24) is 14.0 Å². The Morgan fingerprint density at radius 1 is 1.10 bits per heavy atom. The summed E-state index contributed by atoms with van der Waals surface area (Å²) in [6.07, 6.45) is -3.29. The highest BCUT2D eigenvalue weighted by Gasteiger charge is 2.32. The number of benzene rings is 2. The molecule has 0 fully saturated rings. The summed E-state index contributed by atoms with van der Waals surface area (Å²) in [7, 11) is -2.71. The molecule has 0 atom stereocenters. The van der Waals surface area contributed by atoms with Gasteiger partial charge in [0.05, 0.1) is 18.4 Å². The van der Waals surface area contributed by atoms with Crippen molar-refractivity contribution in [1.29, 1.82) is 0 Å². The minimum atomic E-state index is -4.61. The second-order valence-corrected chi connectivity index (χ2v) is 10.3. The summed E-state index contributed by atoms with van der Waals surface area (Å²) in [5.41, 5.74) is -0.644. The molecule has 3 heterocycles. The number of hydrogen-bond donors (Lipinski definition) is 1. The number of nitrogens with zero attached hydrogens (tertiary/aromatic N) is 3. The van der Waals surface area contributed by atoms with Gasteiger partial charge in [0, 0.05) is 49.0 Å². The first-order valence-corrected chi connectivity index (χ1v) is 12.9. The van der Waals surface area contributed by atoms with E-state index in [0.717, 1.165) is 22.5 Å². The van der Waals surface area contributed by atoms with Gasteiger partial charge >= 0.3 is 16.4 Å². The lowest BCUT2D eigenvalue weighted by molar-refractivity contribution is -0.137. The van der Waals surface area contributed by atoms with Crippen molar-refractivity contribution in [3.05, 3.63) is 93.9 Å². The van der Waals surface area contributed by atoms with Gasteiger partial charge in [-0.15, -0.1) is 0 Å². The van der Waals surface area contributed by atoms with Gasteiger partial charge in [-0.05, 0) is 29.3 Å². The van der Waals surface area contributed by atoms with Gasteiger partial charge in [-0.3, -0.25) is 14.1 Å². The zero-order valence-corrected chi connectivity index (χ0v) is 21.0. The Balaban J connectivity index is 1.54. The molecule has 2 aromatic heterocycles. The summed E-state index contributed by atoms with van der Waals surface area (Å²) in [5.74, 6) is -0.819. The summed E-state index contributed by atoms with van der Waals surface area (Å²) >= 11 is 0. The molecule has 5 rings (SSSR count). The number of halogens is 4.